The lowest BCUT2D eigenvalue weighted by Gasteiger charge is -2.33. The van der Waals surface area contributed by atoms with Gasteiger partial charge in [-0.2, -0.15) is 0 Å². The molecule has 2 aromatic rings. The molecule has 150 valence electrons. The molecule has 0 spiro atoms. The van der Waals surface area contributed by atoms with Gasteiger partial charge in [0.05, 0.1) is 6.10 Å². The van der Waals surface area contributed by atoms with Crippen molar-refractivity contribution in [1.29, 1.82) is 0 Å². The highest BCUT2D eigenvalue weighted by Crippen LogP contribution is 2.41. The maximum absolute atomic E-state index is 5.90. The first-order chi connectivity index (χ1) is 13.8. The second kappa shape index (κ2) is 9.55. The summed E-state index contributed by atoms with van der Waals surface area (Å²) in [5, 5.41) is 7.58. The second-order valence-corrected chi connectivity index (χ2v) is 8.12. The highest BCUT2D eigenvalue weighted by atomic mass is 16.5. The van der Waals surface area contributed by atoms with Gasteiger partial charge in [0, 0.05) is 31.2 Å². The highest BCUT2D eigenvalue weighted by molar-refractivity contribution is 5.27. The van der Waals surface area contributed by atoms with E-state index in [-0.39, 0.29) is 6.10 Å². The van der Waals surface area contributed by atoms with E-state index >= 15 is 0 Å². The van der Waals surface area contributed by atoms with Crippen LogP contribution in [0.5, 0.6) is 5.75 Å². The van der Waals surface area contributed by atoms with Crippen LogP contribution in [-0.4, -0.2) is 44.5 Å². The third-order valence-corrected chi connectivity index (χ3v) is 6.02. The van der Waals surface area contributed by atoms with E-state index in [1.54, 1.807) is 7.11 Å². The predicted molar refractivity (Wildman–Crippen MR) is 113 cm³/mol. The average molecular weight is 381 g/mol. The van der Waals surface area contributed by atoms with Gasteiger partial charge in [0.1, 0.15) is 12.4 Å². The van der Waals surface area contributed by atoms with Crippen molar-refractivity contribution in [2.24, 2.45) is 0 Å². The molecule has 1 aliphatic carbocycles. The fourth-order valence-corrected chi connectivity index (χ4v) is 4.34. The third-order valence-electron chi connectivity index (χ3n) is 6.02. The minimum atomic E-state index is 0.106. The van der Waals surface area contributed by atoms with Crippen LogP contribution < -0.4 is 15.4 Å². The molecule has 1 aliphatic heterocycles. The number of piperidine rings is 1. The van der Waals surface area contributed by atoms with Crippen LogP contribution in [0.4, 0.5) is 0 Å². The molecule has 4 nitrogen and oxygen atoms in total. The number of benzene rings is 2. The first-order valence-corrected chi connectivity index (χ1v) is 10.6. The van der Waals surface area contributed by atoms with E-state index in [1.807, 2.05) is 30.3 Å². The number of rotatable bonds is 9. The lowest BCUT2D eigenvalue weighted by molar-refractivity contribution is 0.0408. The van der Waals surface area contributed by atoms with Gasteiger partial charge in [-0.3, -0.25) is 0 Å². The Bertz CT molecular complexity index is 709. The van der Waals surface area contributed by atoms with Crippen LogP contribution in [-0.2, 0) is 4.74 Å². The Morgan fingerprint density at radius 2 is 1.79 bits per heavy atom. The standard InChI is InChI=1S/C24H32N2O2/c1-27-22(17-28-21-10-6-3-7-11-21)15-20-14-19(12-13-25-20)26-24-16-23(24)18-8-4-2-5-9-18/h2-11,19-20,22-26H,12-17H2,1H3. The summed E-state index contributed by atoms with van der Waals surface area (Å²) in [6, 6.07) is 22.6. The predicted octanol–water partition coefficient (Wildman–Crippen LogP) is 3.74. The van der Waals surface area contributed by atoms with Crippen molar-refractivity contribution in [2.45, 2.75) is 55.8 Å². The molecule has 0 bridgehead atoms. The second-order valence-electron chi connectivity index (χ2n) is 8.12. The zero-order valence-corrected chi connectivity index (χ0v) is 16.7. The molecule has 5 unspecified atom stereocenters. The number of para-hydroxylation sites is 1. The Balaban J connectivity index is 1.22. The minimum absolute atomic E-state index is 0.106. The lowest BCUT2D eigenvalue weighted by Crippen LogP contribution is -2.48. The molecule has 2 aliphatic rings. The summed E-state index contributed by atoms with van der Waals surface area (Å²) in [4.78, 5) is 0. The van der Waals surface area contributed by atoms with E-state index in [4.69, 9.17) is 9.47 Å². The third kappa shape index (κ3) is 5.34. The molecule has 0 radical (unpaired) electrons. The summed E-state index contributed by atoms with van der Waals surface area (Å²) in [5.41, 5.74) is 1.47. The maximum Gasteiger partial charge on any atom is 0.119 e. The van der Waals surface area contributed by atoms with Gasteiger partial charge < -0.3 is 20.1 Å². The minimum Gasteiger partial charge on any atom is -0.491 e. The van der Waals surface area contributed by atoms with Crippen LogP contribution >= 0.6 is 0 Å². The van der Waals surface area contributed by atoms with E-state index in [2.05, 4.69) is 41.0 Å². The van der Waals surface area contributed by atoms with Gasteiger partial charge in [0.2, 0.25) is 0 Å². The molecule has 28 heavy (non-hydrogen) atoms. The van der Waals surface area contributed by atoms with Crippen LogP contribution in [0.3, 0.4) is 0 Å². The van der Waals surface area contributed by atoms with E-state index in [0.29, 0.717) is 30.7 Å². The Hall–Kier alpha value is -1.88. The summed E-state index contributed by atoms with van der Waals surface area (Å²) < 4.78 is 11.6. The smallest absolute Gasteiger partial charge is 0.119 e. The normalized spacial score (nSPS) is 27.9. The first-order valence-electron chi connectivity index (χ1n) is 10.6. The zero-order chi connectivity index (χ0) is 19.2. The van der Waals surface area contributed by atoms with Crippen molar-refractivity contribution in [2.75, 3.05) is 20.3 Å². The number of methoxy groups -OCH3 is 1. The van der Waals surface area contributed by atoms with E-state index in [0.717, 1.165) is 25.1 Å². The average Bonchev–Trinajstić information content (AvgIpc) is 3.52. The summed E-state index contributed by atoms with van der Waals surface area (Å²) in [6.45, 7) is 1.66. The SMILES string of the molecule is COC(COc1ccccc1)CC1CC(NC2CC2c2ccccc2)CCN1. The molecule has 0 aromatic heterocycles. The highest BCUT2D eigenvalue weighted by Gasteiger charge is 2.40. The van der Waals surface area contributed by atoms with Crippen LogP contribution in [0.1, 0.15) is 37.2 Å². The summed E-state index contributed by atoms with van der Waals surface area (Å²) in [6.07, 6.45) is 4.71. The van der Waals surface area contributed by atoms with E-state index in [9.17, 15) is 0 Å². The molecule has 2 aromatic carbocycles. The molecule has 1 heterocycles. The molecule has 4 heteroatoms. The van der Waals surface area contributed by atoms with E-state index in [1.165, 1.54) is 18.4 Å². The molecular weight excluding hydrogens is 348 g/mol. The van der Waals surface area contributed by atoms with Gasteiger partial charge in [-0.25, -0.2) is 0 Å². The van der Waals surface area contributed by atoms with Crippen LogP contribution in [0.2, 0.25) is 0 Å². The number of ether oxygens (including phenoxy) is 2. The van der Waals surface area contributed by atoms with Gasteiger partial charge in [-0.05, 0) is 49.9 Å². The van der Waals surface area contributed by atoms with Crippen LogP contribution in [0, 0.1) is 0 Å². The van der Waals surface area contributed by atoms with Gasteiger partial charge in [-0.1, -0.05) is 48.5 Å². The van der Waals surface area contributed by atoms with Crippen molar-refractivity contribution >= 4 is 0 Å². The Morgan fingerprint density at radius 1 is 1.04 bits per heavy atom. The monoisotopic (exact) mass is 380 g/mol. The summed E-state index contributed by atoms with van der Waals surface area (Å²) in [7, 11) is 1.78. The van der Waals surface area contributed by atoms with Gasteiger partial charge in [0.15, 0.2) is 0 Å². The molecule has 2 fully saturated rings. The summed E-state index contributed by atoms with van der Waals surface area (Å²) >= 11 is 0. The van der Waals surface area contributed by atoms with Gasteiger partial charge in [-0.15, -0.1) is 0 Å². The molecule has 5 atom stereocenters. The van der Waals surface area contributed by atoms with Crippen molar-refractivity contribution in [1.82, 2.24) is 10.6 Å². The topological polar surface area (TPSA) is 42.5 Å². The quantitative estimate of drug-likeness (QED) is 0.696. The van der Waals surface area contributed by atoms with Gasteiger partial charge >= 0.3 is 0 Å². The fourth-order valence-electron chi connectivity index (χ4n) is 4.34. The molecule has 2 N–H and O–H groups in total. The van der Waals surface area contributed by atoms with Crippen molar-refractivity contribution in [3.63, 3.8) is 0 Å². The van der Waals surface area contributed by atoms with Gasteiger partial charge in [0.25, 0.3) is 0 Å². The Labute approximate surface area is 168 Å². The largest absolute Gasteiger partial charge is 0.491 e. The van der Waals surface area contributed by atoms with Crippen molar-refractivity contribution in [3.8, 4) is 5.75 Å². The molecular formula is C24H32N2O2. The molecule has 0 amide bonds. The maximum atomic E-state index is 5.90. The van der Waals surface area contributed by atoms with Crippen molar-refractivity contribution in [3.05, 3.63) is 66.2 Å². The number of hydrogen-bond acceptors (Lipinski definition) is 4. The fraction of sp³-hybridized carbons (Fsp3) is 0.500. The molecule has 1 saturated heterocycles. The van der Waals surface area contributed by atoms with E-state index < -0.39 is 0 Å². The summed E-state index contributed by atoms with van der Waals surface area (Å²) in [5.74, 6) is 1.60. The number of nitrogens with one attached hydrogen (secondary N) is 2. The van der Waals surface area contributed by atoms with Crippen LogP contribution in [0.25, 0.3) is 0 Å². The molecule has 1 saturated carbocycles. The first kappa shape index (κ1) is 19.4. The molecule has 4 rings (SSSR count). The number of hydrogen-bond donors (Lipinski definition) is 2. The Kier molecular flexibility index (Phi) is 6.63. The van der Waals surface area contributed by atoms with Crippen molar-refractivity contribution < 1.29 is 9.47 Å². The zero-order valence-electron chi connectivity index (χ0n) is 16.7. The Morgan fingerprint density at radius 3 is 2.54 bits per heavy atom. The lowest BCUT2D eigenvalue weighted by atomic mass is 9.95. The van der Waals surface area contributed by atoms with Crippen LogP contribution in [0.15, 0.2) is 60.7 Å².